The van der Waals surface area contributed by atoms with Gasteiger partial charge < -0.3 is 10.6 Å². The number of hydrogen-bond acceptors (Lipinski definition) is 5. The maximum Gasteiger partial charge on any atom is 0.270 e. The Hall–Kier alpha value is -2.99. The zero-order valence-corrected chi connectivity index (χ0v) is 14.1. The Balaban J connectivity index is 1.58. The van der Waals surface area contributed by atoms with Crippen LogP contribution in [0.5, 0.6) is 0 Å². The van der Waals surface area contributed by atoms with Crippen molar-refractivity contribution in [2.24, 2.45) is 0 Å². The van der Waals surface area contributed by atoms with E-state index in [1.807, 2.05) is 42.5 Å². The Bertz CT molecular complexity index is 840. The summed E-state index contributed by atoms with van der Waals surface area (Å²) in [6, 6.07) is 14.7. The van der Waals surface area contributed by atoms with Gasteiger partial charge in [-0.15, -0.1) is 0 Å². The second-order valence-electron chi connectivity index (χ2n) is 5.27. The number of pyridine rings is 1. The molecule has 0 bridgehead atoms. The quantitative estimate of drug-likeness (QED) is 0.712. The molecular formula is C18H16ClN5O. The van der Waals surface area contributed by atoms with E-state index in [1.165, 1.54) is 6.33 Å². The van der Waals surface area contributed by atoms with Gasteiger partial charge in [-0.25, -0.2) is 9.97 Å². The highest BCUT2D eigenvalue weighted by molar-refractivity contribution is 6.30. The topological polar surface area (TPSA) is 79.8 Å². The Morgan fingerprint density at radius 1 is 1.00 bits per heavy atom. The highest BCUT2D eigenvalue weighted by atomic mass is 35.5. The Labute approximate surface area is 150 Å². The molecule has 0 atom stereocenters. The summed E-state index contributed by atoms with van der Waals surface area (Å²) >= 11 is 5.87. The standard InChI is InChI=1S/C18H16ClN5O/c19-14-6-4-13(5-7-14)10-21-17-9-16(23-12-24-17)18(25)22-11-15-3-1-2-8-20-15/h1-9,12H,10-11H2,(H,22,25)(H,21,23,24). The molecule has 7 heteroatoms. The van der Waals surface area contributed by atoms with Crippen LogP contribution in [0.4, 0.5) is 5.82 Å². The van der Waals surface area contributed by atoms with Crippen LogP contribution in [0.25, 0.3) is 0 Å². The monoisotopic (exact) mass is 353 g/mol. The second kappa shape index (κ2) is 8.21. The SMILES string of the molecule is O=C(NCc1ccccn1)c1cc(NCc2ccc(Cl)cc2)ncn1. The van der Waals surface area contributed by atoms with Crippen molar-refractivity contribution >= 4 is 23.3 Å². The van der Waals surface area contributed by atoms with Gasteiger partial charge in [-0.1, -0.05) is 29.8 Å². The number of carbonyl (C=O) groups excluding carboxylic acids is 1. The molecule has 1 aromatic carbocycles. The first kappa shape index (κ1) is 16.9. The molecule has 0 saturated heterocycles. The second-order valence-corrected chi connectivity index (χ2v) is 5.71. The van der Waals surface area contributed by atoms with E-state index in [0.717, 1.165) is 11.3 Å². The zero-order valence-electron chi connectivity index (χ0n) is 13.3. The van der Waals surface area contributed by atoms with Gasteiger partial charge in [-0.05, 0) is 29.8 Å². The van der Waals surface area contributed by atoms with E-state index >= 15 is 0 Å². The van der Waals surface area contributed by atoms with Gasteiger partial charge in [-0.3, -0.25) is 9.78 Å². The van der Waals surface area contributed by atoms with E-state index in [-0.39, 0.29) is 5.91 Å². The molecule has 6 nitrogen and oxygen atoms in total. The molecule has 1 amide bonds. The molecule has 25 heavy (non-hydrogen) atoms. The van der Waals surface area contributed by atoms with Gasteiger partial charge in [0.05, 0.1) is 12.2 Å². The highest BCUT2D eigenvalue weighted by Crippen LogP contribution is 2.11. The number of nitrogens with one attached hydrogen (secondary N) is 2. The number of benzene rings is 1. The molecule has 126 valence electrons. The van der Waals surface area contributed by atoms with Crippen molar-refractivity contribution in [2.45, 2.75) is 13.1 Å². The van der Waals surface area contributed by atoms with Gasteiger partial charge in [-0.2, -0.15) is 0 Å². The van der Waals surface area contributed by atoms with Crippen LogP contribution in [0.15, 0.2) is 61.1 Å². The molecule has 0 radical (unpaired) electrons. The summed E-state index contributed by atoms with van der Waals surface area (Å²) in [6.45, 7) is 0.917. The van der Waals surface area contributed by atoms with Crippen molar-refractivity contribution in [3.05, 3.63) is 83.0 Å². The summed E-state index contributed by atoms with van der Waals surface area (Å²) in [5, 5.41) is 6.64. The minimum Gasteiger partial charge on any atom is -0.366 e. The van der Waals surface area contributed by atoms with Gasteiger partial charge >= 0.3 is 0 Å². The fourth-order valence-corrected chi connectivity index (χ4v) is 2.26. The predicted molar refractivity (Wildman–Crippen MR) is 96.2 cm³/mol. The van der Waals surface area contributed by atoms with E-state index in [4.69, 9.17) is 11.6 Å². The van der Waals surface area contributed by atoms with E-state index in [1.54, 1.807) is 12.3 Å². The molecule has 0 saturated carbocycles. The van der Waals surface area contributed by atoms with Crippen LogP contribution >= 0.6 is 11.6 Å². The number of aromatic nitrogens is 3. The largest absolute Gasteiger partial charge is 0.366 e. The van der Waals surface area contributed by atoms with E-state index in [0.29, 0.717) is 29.6 Å². The molecule has 2 N–H and O–H groups in total. The van der Waals surface area contributed by atoms with Crippen molar-refractivity contribution < 1.29 is 4.79 Å². The minimum atomic E-state index is -0.275. The van der Waals surface area contributed by atoms with Gasteiger partial charge in [0.1, 0.15) is 17.8 Å². The van der Waals surface area contributed by atoms with E-state index in [2.05, 4.69) is 25.6 Å². The molecule has 0 aliphatic heterocycles. The summed E-state index contributed by atoms with van der Waals surface area (Å²) in [4.78, 5) is 24.5. The summed E-state index contributed by atoms with van der Waals surface area (Å²) in [6.07, 6.45) is 3.05. The third-order valence-electron chi connectivity index (χ3n) is 3.44. The number of carbonyl (C=O) groups is 1. The summed E-state index contributed by atoms with van der Waals surface area (Å²) < 4.78 is 0. The average molecular weight is 354 g/mol. The molecule has 0 spiro atoms. The average Bonchev–Trinajstić information content (AvgIpc) is 2.67. The Morgan fingerprint density at radius 3 is 2.60 bits per heavy atom. The van der Waals surface area contributed by atoms with Crippen LogP contribution in [0.3, 0.4) is 0 Å². The molecule has 3 aromatic rings. The highest BCUT2D eigenvalue weighted by Gasteiger charge is 2.08. The minimum absolute atomic E-state index is 0.275. The third kappa shape index (κ3) is 4.99. The number of anilines is 1. The zero-order chi connectivity index (χ0) is 17.5. The summed E-state index contributed by atoms with van der Waals surface area (Å²) in [7, 11) is 0. The Morgan fingerprint density at radius 2 is 1.84 bits per heavy atom. The number of nitrogens with zero attached hydrogens (tertiary/aromatic N) is 3. The van der Waals surface area contributed by atoms with Crippen molar-refractivity contribution in [2.75, 3.05) is 5.32 Å². The maximum absolute atomic E-state index is 12.2. The maximum atomic E-state index is 12.2. The lowest BCUT2D eigenvalue weighted by Crippen LogP contribution is -2.24. The van der Waals surface area contributed by atoms with Crippen LogP contribution in [0, 0.1) is 0 Å². The van der Waals surface area contributed by atoms with Crippen LogP contribution in [-0.2, 0) is 13.1 Å². The normalized spacial score (nSPS) is 10.3. The van der Waals surface area contributed by atoms with Crippen LogP contribution < -0.4 is 10.6 Å². The van der Waals surface area contributed by atoms with Crippen LogP contribution in [-0.4, -0.2) is 20.9 Å². The third-order valence-corrected chi connectivity index (χ3v) is 3.69. The lowest BCUT2D eigenvalue weighted by molar-refractivity contribution is 0.0945. The van der Waals surface area contributed by atoms with Gasteiger partial charge in [0.2, 0.25) is 0 Å². The lowest BCUT2D eigenvalue weighted by atomic mass is 10.2. The van der Waals surface area contributed by atoms with Gasteiger partial charge in [0.15, 0.2) is 0 Å². The number of halogens is 1. The van der Waals surface area contributed by atoms with Crippen molar-refractivity contribution in [3.63, 3.8) is 0 Å². The molecular weight excluding hydrogens is 338 g/mol. The molecule has 0 aliphatic rings. The molecule has 0 fully saturated rings. The summed E-state index contributed by atoms with van der Waals surface area (Å²) in [5.74, 6) is 0.301. The van der Waals surface area contributed by atoms with E-state index in [9.17, 15) is 4.79 Å². The predicted octanol–water partition coefficient (Wildman–Crippen LogP) is 3.07. The van der Waals surface area contributed by atoms with E-state index < -0.39 is 0 Å². The van der Waals surface area contributed by atoms with Crippen molar-refractivity contribution in [3.8, 4) is 0 Å². The number of amides is 1. The van der Waals surface area contributed by atoms with Gasteiger partial charge in [0.25, 0.3) is 5.91 Å². The molecule has 2 heterocycles. The van der Waals surface area contributed by atoms with Crippen molar-refractivity contribution in [1.29, 1.82) is 0 Å². The molecule has 0 unspecified atom stereocenters. The fraction of sp³-hybridized carbons (Fsp3) is 0.111. The molecule has 3 rings (SSSR count). The van der Waals surface area contributed by atoms with Gasteiger partial charge in [0, 0.05) is 23.8 Å². The van der Waals surface area contributed by atoms with Crippen LogP contribution in [0.1, 0.15) is 21.7 Å². The van der Waals surface area contributed by atoms with Crippen molar-refractivity contribution in [1.82, 2.24) is 20.3 Å². The number of hydrogen-bond donors (Lipinski definition) is 2. The summed E-state index contributed by atoms with van der Waals surface area (Å²) in [5.41, 5.74) is 2.14. The van der Waals surface area contributed by atoms with Crippen LogP contribution in [0.2, 0.25) is 5.02 Å². The Kier molecular flexibility index (Phi) is 5.53. The number of rotatable bonds is 6. The first-order valence-electron chi connectivity index (χ1n) is 7.69. The molecule has 2 aromatic heterocycles. The first-order chi connectivity index (χ1) is 12.2. The molecule has 0 aliphatic carbocycles. The lowest BCUT2D eigenvalue weighted by Gasteiger charge is -2.08. The smallest absolute Gasteiger partial charge is 0.270 e. The fourth-order valence-electron chi connectivity index (χ4n) is 2.14. The first-order valence-corrected chi connectivity index (χ1v) is 8.07.